The summed E-state index contributed by atoms with van der Waals surface area (Å²) in [5.74, 6) is 0.478. The van der Waals surface area contributed by atoms with Crippen LogP contribution in [0.15, 0.2) is 54.6 Å². The first-order valence-corrected chi connectivity index (χ1v) is 10.9. The predicted molar refractivity (Wildman–Crippen MR) is 122 cm³/mol. The van der Waals surface area contributed by atoms with E-state index in [1.165, 1.54) is 5.69 Å². The number of piperazine rings is 1. The van der Waals surface area contributed by atoms with Crippen LogP contribution in [0.1, 0.15) is 30.6 Å². The van der Waals surface area contributed by atoms with Crippen LogP contribution in [-0.4, -0.2) is 56.0 Å². The number of ether oxygens (including phenoxy) is 1. The van der Waals surface area contributed by atoms with Crippen molar-refractivity contribution >= 4 is 17.5 Å². The summed E-state index contributed by atoms with van der Waals surface area (Å²) < 4.78 is 5.65. The maximum atomic E-state index is 12.3. The van der Waals surface area contributed by atoms with Crippen molar-refractivity contribution in [2.24, 2.45) is 5.92 Å². The fourth-order valence-electron chi connectivity index (χ4n) is 3.38. The lowest BCUT2D eigenvalue weighted by molar-refractivity contribution is -0.122. The topological polar surface area (TPSA) is 73.9 Å². The summed E-state index contributed by atoms with van der Waals surface area (Å²) in [6, 6.07) is 17.3. The second-order valence-corrected chi connectivity index (χ2v) is 8.15. The third-order valence-electron chi connectivity index (χ3n) is 5.14. The van der Waals surface area contributed by atoms with Gasteiger partial charge in [0.05, 0.1) is 6.61 Å². The molecule has 2 N–H and O–H groups in total. The summed E-state index contributed by atoms with van der Waals surface area (Å²) in [7, 11) is 0. The number of amides is 2. The Bertz CT molecular complexity index is 849. The number of hydrogen-bond donors (Lipinski definition) is 2. The molecule has 2 aromatic carbocycles. The predicted octanol–water partition coefficient (Wildman–Crippen LogP) is 2.69. The van der Waals surface area contributed by atoms with Gasteiger partial charge < -0.3 is 9.64 Å². The molecule has 1 saturated heterocycles. The van der Waals surface area contributed by atoms with Gasteiger partial charge in [-0.2, -0.15) is 0 Å². The summed E-state index contributed by atoms with van der Waals surface area (Å²) >= 11 is 0. The minimum atomic E-state index is -0.361. The van der Waals surface area contributed by atoms with E-state index in [-0.39, 0.29) is 11.8 Å². The molecule has 0 saturated carbocycles. The summed E-state index contributed by atoms with van der Waals surface area (Å²) in [6.45, 7) is 9.10. The Morgan fingerprint density at radius 1 is 0.968 bits per heavy atom. The Hall–Kier alpha value is -3.06. The molecule has 2 amide bonds. The zero-order valence-corrected chi connectivity index (χ0v) is 18.3. The molecular formula is C24H32N4O3. The fraction of sp³-hybridized carbons (Fsp3) is 0.417. The highest BCUT2D eigenvalue weighted by atomic mass is 16.5. The van der Waals surface area contributed by atoms with Crippen molar-refractivity contribution in [3.05, 3.63) is 60.2 Å². The van der Waals surface area contributed by atoms with Crippen LogP contribution in [0.3, 0.4) is 0 Å². The lowest BCUT2D eigenvalue weighted by Gasteiger charge is -2.36. The number of nitrogens with one attached hydrogen (secondary N) is 2. The molecule has 0 aliphatic carbocycles. The number of nitrogens with zero attached hydrogens (tertiary/aromatic N) is 2. The second kappa shape index (κ2) is 11.4. The van der Waals surface area contributed by atoms with E-state index in [0.717, 1.165) is 26.2 Å². The number of carbonyl (C=O) groups excluding carboxylic acids is 2. The summed E-state index contributed by atoms with van der Waals surface area (Å²) in [5.41, 5.74) is 6.68. The van der Waals surface area contributed by atoms with Gasteiger partial charge in [0.2, 0.25) is 5.91 Å². The molecule has 2 aromatic rings. The molecule has 7 heteroatoms. The van der Waals surface area contributed by atoms with Crippen LogP contribution in [0.2, 0.25) is 0 Å². The van der Waals surface area contributed by atoms with E-state index < -0.39 is 0 Å². The zero-order valence-electron chi connectivity index (χ0n) is 18.3. The van der Waals surface area contributed by atoms with Crippen LogP contribution in [-0.2, 0) is 4.79 Å². The maximum absolute atomic E-state index is 12.3. The summed E-state index contributed by atoms with van der Waals surface area (Å²) in [6.07, 6.45) is 0.336. The van der Waals surface area contributed by atoms with Gasteiger partial charge in [0, 0.05) is 50.4 Å². The SMILES string of the molecule is CC(C)COc1cccc(C(=O)NNC(=O)CCN2CCN(c3ccccc3)CC2)c1. The van der Waals surface area contributed by atoms with E-state index in [1.54, 1.807) is 18.2 Å². The highest BCUT2D eigenvalue weighted by Crippen LogP contribution is 2.16. The monoisotopic (exact) mass is 424 g/mol. The van der Waals surface area contributed by atoms with Gasteiger partial charge in [-0.05, 0) is 36.2 Å². The molecule has 0 unspecified atom stereocenters. The number of rotatable bonds is 8. The molecule has 3 rings (SSSR count). The van der Waals surface area contributed by atoms with Gasteiger partial charge in [-0.1, -0.05) is 38.1 Å². The first-order valence-electron chi connectivity index (χ1n) is 10.9. The van der Waals surface area contributed by atoms with Crippen molar-refractivity contribution in [1.82, 2.24) is 15.8 Å². The molecule has 0 spiro atoms. The molecule has 0 aromatic heterocycles. The smallest absolute Gasteiger partial charge is 0.269 e. The number of carbonyl (C=O) groups is 2. The number of anilines is 1. The van der Waals surface area contributed by atoms with E-state index >= 15 is 0 Å². The first-order chi connectivity index (χ1) is 15.0. The van der Waals surface area contributed by atoms with Crippen molar-refractivity contribution in [2.75, 3.05) is 44.2 Å². The molecular weight excluding hydrogens is 392 g/mol. The highest BCUT2D eigenvalue weighted by Gasteiger charge is 2.18. The van der Waals surface area contributed by atoms with E-state index in [0.29, 0.717) is 36.8 Å². The number of para-hydroxylation sites is 1. The third kappa shape index (κ3) is 7.29. The molecule has 31 heavy (non-hydrogen) atoms. The number of benzene rings is 2. The average Bonchev–Trinajstić information content (AvgIpc) is 2.81. The Balaban J connectivity index is 1.36. The number of hydrazine groups is 1. The molecule has 0 radical (unpaired) electrons. The molecule has 1 fully saturated rings. The fourth-order valence-corrected chi connectivity index (χ4v) is 3.38. The molecule has 7 nitrogen and oxygen atoms in total. The third-order valence-corrected chi connectivity index (χ3v) is 5.14. The van der Waals surface area contributed by atoms with Crippen LogP contribution in [0, 0.1) is 5.92 Å². The standard InChI is InChI=1S/C24H32N4O3/c1-19(2)18-31-22-10-6-7-20(17-22)24(30)26-25-23(29)11-12-27-13-15-28(16-14-27)21-8-4-3-5-9-21/h3-10,17,19H,11-16,18H2,1-2H3,(H,25,29)(H,26,30). The van der Waals surface area contributed by atoms with Crippen molar-refractivity contribution in [2.45, 2.75) is 20.3 Å². The van der Waals surface area contributed by atoms with Gasteiger partial charge in [-0.3, -0.25) is 25.3 Å². The van der Waals surface area contributed by atoms with Crippen LogP contribution in [0.25, 0.3) is 0 Å². The van der Waals surface area contributed by atoms with Crippen molar-refractivity contribution in [3.63, 3.8) is 0 Å². The quantitative estimate of drug-likeness (QED) is 0.638. The zero-order chi connectivity index (χ0) is 22.1. The molecule has 1 heterocycles. The minimum absolute atomic E-state index is 0.203. The lowest BCUT2D eigenvalue weighted by atomic mass is 10.2. The normalized spacial score (nSPS) is 14.4. The van der Waals surface area contributed by atoms with Crippen molar-refractivity contribution < 1.29 is 14.3 Å². The van der Waals surface area contributed by atoms with E-state index in [2.05, 4.69) is 58.8 Å². The molecule has 1 aliphatic heterocycles. The summed E-state index contributed by atoms with van der Waals surface area (Å²) in [4.78, 5) is 29.1. The second-order valence-electron chi connectivity index (χ2n) is 8.15. The van der Waals surface area contributed by atoms with E-state index in [9.17, 15) is 9.59 Å². The Kier molecular flexibility index (Phi) is 8.29. The Morgan fingerprint density at radius 3 is 2.42 bits per heavy atom. The highest BCUT2D eigenvalue weighted by molar-refractivity contribution is 5.95. The van der Waals surface area contributed by atoms with Crippen molar-refractivity contribution in [1.29, 1.82) is 0 Å². The van der Waals surface area contributed by atoms with Gasteiger partial charge in [-0.15, -0.1) is 0 Å². The van der Waals surface area contributed by atoms with Gasteiger partial charge >= 0.3 is 0 Å². The lowest BCUT2D eigenvalue weighted by Crippen LogP contribution is -2.48. The van der Waals surface area contributed by atoms with Crippen molar-refractivity contribution in [3.8, 4) is 5.75 Å². The number of hydrogen-bond acceptors (Lipinski definition) is 5. The summed E-state index contributed by atoms with van der Waals surface area (Å²) in [5, 5.41) is 0. The van der Waals surface area contributed by atoms with Crippen LogP contribution < -0.4 is 20.5 Å². The van der Waals surface area contributed by atoms with Gasteiger partial charge in [-0.25, -0.2) is 0 Å². The van der Waals surface area contributed by atoms with Crippen LogP contribution in [0.5, 0.6) is 5.75 Å². The minimum Gasteiger partial charge on any atom is -0.493 e. The first kappa shape index (κ1) is 22.6. The average molecular weight is 425 g/mol. The van der Waals surface area contributed by atoms with Crippen LogP contribution in [0.4, 0.5) is 5.69 Å². The van der Waals surface area contributed by atoms with E-state index in [4.69, 9.17) is 4.74 Å². The Labute approximate surface area is 184 Å². The van der Waals surface area contributed by atoms with Gasteiger partial charge in [0.15, 0.2) is 0 Å². The van der Waals surface area contributed by atoms with Gasteiger partial charge in [0.1, 0.15) is 5.75 Å². The largest absolute Gasteiger partial charge is 0.493 e. The van der Waals surface area contributed by atoms with E-state index in [1.807, 2.05) is 12.1 Å². The maximum Gasteiger partial charge on any atom is 0.269 e. The Morgan fingerprint density at radius 2 is 1.71 bits per heavy atom. The van der Waals surface area contributed by atoms with Gasteiger partial charge in [0.25, 0.3) is 5.91 Å². The molecule has 166 valence electrons. The molecule has 0 atom stereocenters. The molecule has 1 aliphatic rings. The van der Waals surface area contributed by atoms with Crippen LogP contribution >= 0.6 is 0 Å². The molecule has 0 bridgehead atoms.